The van der Waals surface area contributed by atoms with Crippen molar-refractivity contribution in [1.29, 1.82) is 0 Å². The van der Waals surface area contributed by atoms with Gasteiger partial charge in [0, 0.05) is 23.0 Å². The van der Waals surface area contributed by atoms with E-state index in [1.54, 1.807) is 42.5 Å². The van der Waals surface area contributed by atoms with Crippen LogP contribution in [0.5, 0.6) is 17.2 Å². The summed E-state index contributed by atoms with van der Waals surface area (Å²) in [5.74, 6) is -0.702. The van der Waals surface area contributed by atoms with Crippen LogP contribution in [0.2, 0.25) is 0 Å². The zero-order valence-corrected chi connectivity index (χ0v) is 24.4. The first-order valence-corrected chi connectivity index (χ1v) is 14.3. The van der Waals surface area contributed by atoms with Crippen molar-refractivity contribution < 1.29 is 28.6 Å². The monoisotopic (exact) mass is 586 g/mol. The van der Waals surface area contributed by atoms with Crippen molar-refractivity contribution in [2.45, 2.75) is 17.5 Å². The maximum atomic E-state index is 15.1. The molecule has 1 saturated heterocycles. The van der Waals surface area contributed by atoms with Crippen molar-refractivity contribution in [3.05, 3.63) is 125 Å². The van der Waals surface area contributed by atoms with Gasteiger partial charge in [-0.05, 0) is 59.2 Å². The number of nitrogens with one attached hydrogen (secondary N) is 1. The first kappa shape index (κ1) is 27.5. The zero-order chi connectivity index (χ0) is 30.6. The van der Waals surface area contributed by atoms with Gasteiger partial charge in [0.05, 0.1) is 33.3 Å². The third-order valence-corrected chi connectivity index (χ3v) is 9.14. The lowest BCUT2D eigenvalue weighted by Gasteiger charge is -2.38. The Kier molecular flexibility index (Phi) is 6.50. The van der Waals surface area contributed by atoms with Crippen LogP contribution in [0, 0.1) is 5.92 Å². The van der Waals surface area contributed by atoms with Crippen LogP contribution < -0.4 is 19.5 Å². The number of nitrogens with zero attached hydrogens (tertiary/aromatic N) is 1. The van der Waals surface area contributed by atoms with Gasteiger partial charge in [-0.2, -0.15) is 0 Å². The minimum absolute atomic E-state index is 0.286. The van der Waals surface area contributed by atoms with Crippen LogP contribution in [0.25, 0.3) is 6.08 Å². The molecule has 0 radical (unpaired) electrons. The van der Waals surface area contributed by atoms with Gasteiger partial charge in [0.15, 0.2) is 23.1 Å². The van der Waals surface area contributed by atoms with Gasteiger partial charge in [-0.15, -0.1) is 0 Å². The molecule has 3 aliphatic heterocycles. The standard InChI is InChI=1S/C36H30N2O6/c1-42-24-11-8-10-22(19-24)33(40)31-30(32(39)23-15-16-28(43-2)29(20-23)44-3)36(26-13-6-7-14-27(26)37-35(36)41)34-25-12-5-4-9-21(25)17-18-38(31)34/h4-20,30-31,34H,1-3H3,(H,37,41)/t30-,31+,34+,36-/m1/s1. The van der Waals surface area contributed by atoms with E-state index in [4.69, 9.17) is 14.2 Å². The molecule has 4 atom stereocenters. The number of fused-ring (bicyclic) bond motifs is 6. The third kappa shape index (κ3) is 3.80. The smallest absolute Gasteiger partial charge is 0.238 e. The Labute approximate surface area is 254 Å². The highest BCUT2D eigenvalue weighted by Gasteiger charge is 2.70. The number of Topliss-reactive ketones (excluding diaryl/α,β-unsaturated/α-hetero) is 2. The van der Waals surface area contributed by atoms with Crippen LogP contribution in [-0.2, 0) is 10.2 Å². The van der Waals surface area contributed by atoms with Crippen molar-refractivity contribution in [2.24, 2.45) is 5.92 Å². The Morgan fingerprint density at radius 2 is 1.52 bits per heavy atom. The van der Waals surface area contributed by atoms with Crippen LogP contribution in [0.3, 0.4) is 0 Å². The molecule has 0 saturated carbocycles. The molecule has 1 N–H and O–H groups in total. The Morgan fingerprint density at radius 1 is 0.773 bits per heavy atom. The van der Waals surface area contributed by atoms with E-state index in [0.717, 1.165) is 11.1 Å². The van der Waals surface area contributed by atoms with Gasteiger partial charge in [0.1, 0.15) is 17.2 Å². The quantitative estimate of drug-likeness (QED) is 0.278. The molecule has 8 nitrogen and oxygen atoms in total. The first-order chi connectivity index (χ1) is 21.4. The average Bonchev–Trinajstić information content (AvgIpc) is 3.55. The highest BCUT2D eigenvalue weighted by Crippen LogP contribution is 2.62. The molecule has 0 unspecified atom stereocenters. The number of anilines is 1. The fourth-order valence-electron chi connectivity index (χ4n) is 7.28. The van der Waals surface area contributed by atoms with E-state index in [9.17, 15) is 9.59 Å². The molecular weight excluding hydrogens is 556 g/mol. The molecule has 1 amide bonds. The summed E-state index contributed by atoms with van der Waals surface area (Å²) in [7, 11) is 4.56. The van der Waals surface area contributed by atoms with Crippen LogP contribution in [0.4, 0.5) is 5.69 Å². The van der Waals surface area contributed by atoms with Crippen LogP contribution in [0.15, 0.2) is 97.2 Å². The number of amides is 1. The number of methoxy groups -OCH3 is 3. The molecule has 0 aliphatic carbocycles. The van der Waals surface area contributed by atoms with E-state index >= 15 is 4.79 Å². The van der Waals surface area contributed by atoms with E-state index in [1.165, 1.54) is 21.3 Å². The van der Waals surface area contributed by atoms with Gasteiger partial charge in [-0.3, -0.25) is 14.4 Å². The summed E-state index contributed by atoms with van der Waals surface area (Å²) in [4.78, 5) is 46.3. The van der Waals surface area contributed by atoms with Crippen LogP contribution in [0.1, 0.15) is 43.4 Å². The minimum Gasteiger partial charge on any atom is -0.497 e. The highest BCUT2D eigenvalue weighted by molar-refractivity contribution is 6.16. The summed E-state index contributed by atoms with van der Waals surface area (Å²) in [5, 5.41) is 3.07. The van der Waals surface area contributed by atoms with E-state index in [0.29, 0.717) is 39.6 Å². The summed E-state index contributed by atoms with van der Waals surface area (Å²) >= 11 is 0. The predicted molar refractivity (Wildman–Crippen MR) is 165 cm³/mol. The van der Waals surface area contributed by atoms with Crippen molar-refractivity contribution in [2.75, 3.05) is 26.6 Å². The minimum atomic E-state index is -1.43. The fourth-order valence-corrected chi connectivity index (χ4v) is 7.28. The molecule has 3 aliphatic rings. The largest absolute Gasteiger partial charge is 0.497 e. The molecule has 3 heterocycles. The predicted octanol–water partition coefficient (Wildman–Crippen LogP) is 5.69. The second-order valence-electron chi connectivity index (χ2n) is 11.1. The van der Waals surface area contributed by atoms with Crippen LogP contribution >= 0.6 is 0 Å². The van der Waals surface area contributed by atoms with E-state index in [2.05, 4.69) is 5.32 Å². The maximum absolute atomic E-state index is 15.1. The number of hydrogen-bond donors (Lipinski definition) is 1. The Bertz CT molecular complexity index is 1870. The number of hydrogen-bond acceptors (Lipinski definition) is 7. The summed E-state index contributed by atoms with van der Waals surface area (Å²) < 4.78 is 16.4. The summed E-state index contributed by atoms with van der Waals surface area (Å²) in [6.45, 7) is 0. The lowest BCUT2D eigenvalue weighted by Crippen LogP contribution is -2.49. The van der Waals surface area contributed by atoms with Crippen molar-refractivity contribution >= 4 is 29.2 Å². The van der Waals surface area contributed by atoms with Crippen molar-refractivity contribution in [3.63, 3.8) is 0 Å². The third-order valence-electron chi connectivity index (χ3n) is 9.14. The molecule has 4 aromatic rings. The van der Waals surface area contributed by atoms with Gasteiger partial charge in [0.2, 0.25) is 5.91 Å². The maximum Gasteiger partial charge on any atom is 0.238 e. The number of rotatable bonds is 7. The molecular formula is C36H30N2O6. The number of para-hydroxylation sites is 1. The molecule has 1 spiro atoms. The number of carbonyl (C=O) groups is 3. The van der Waals surface area contributed by atoms with Gasteiger partial charge in [-0.25, -0.2) is 0 Å². The molecule has 220 valence electrons. The molecule has 0 bridgehead atoms. The molecule has 1 fully saturated rings. The Morgan fingerprint density at radius 3 is 2.32 bits per heavy atom. The summed E-state index contributed by atoms with van der Waals surface area (Å²) in [6, 6.07) is 25.4. The number of ether oxygens (including phenoxy) is 3. The van der Waals surface area contributed by atoms with Gasteiger partial charge >= 0.3 is 0 Å². The Hall–Kier alpha value is -5.37. The van der Waals surface area contributed by atoms with Crippen molar-refractivity contribution in [1.82, 2.24) is 4.90 Å². The molecule has 8 heteroatoms. The topological polar surface area (TPSA) is 94.2 Å². The Balaban J connectivity index is 1.52. The number of carbonyl (C=O) groups excluding carboxylic acids is 3. The number of ketones is 2. The molecule has 44 heavy (non-hydrogen) atoms. The van der Waals surface area contributed by atoms with E-state index in [-0.39, 0.29) is 17.5 Å². The molecule has 0 aromatic heterocycles. The van der Waals surface area contributed by atoms with Crippen molar-refractivity contribution in [3.8, 4) is 17.2 Å². The van der Waals surface area contributed by atoms with Gasteiger partial charge < -0.3 is 24.4 Å². The zero-order valence-electron chi connectivity index (χ0n) is 24.4. The van der Waals surface area contributed by atoms with Gasteiger partial charge in [0.25, 0.3) is 0 Å². The van der Waals surface area contributed by atoms with E-state index < -0.39 is 23.4 Å². The lowest BCUT2D eigenvalue weighted by atomic mass is 9.62. The first-order valence-electron chi connectivity index (χ1n) is 14.3. The van der Waals surface area contributed by atoms with E-state index in [1.807, 2.05) is 65.7 Å². The summed E-state index contributed by atoms with van der Waals surface area (Å²) in [6.07, 6.45) is 3.79. The highest BCUT2D eigenvalue weighted by atomic mass is 16.5. The SMILES string of the molecule is COc1cccc(C(=O)[C@@H]2[C@H](C(=O)c3ccc(OC)c(OC)c3)[C@@]3(C(=O)Nc4ccccc43)[C@@H]3c4ccccc4C=CN23)c1. The van der Waals surface area contributed by atoms with Crippen LogP contribution in [-0.4, -0.2) is 49.7 Å². The molecule has 7 rings (SSSR count). The lowest BCUT2D eigenvalue weighted by molar-refractivity contribution is -0.122. The summed E-state index contributed by atoms with van der Waals surface area (Å²) in [5.41, 5.74) is 2.37. The normalized spacial score (nSPS) is 22.6. The number of benzene rings is 4. The molecule has 4 aromatic carbocycles. The second-order valence-corrected chi connectivity index (χ2v) is 11.1. The second kappa shape index (κ2) is 10.4. The average molecular weight is 587 g/mol. The fraction of sp³-hybridized carbons (Fsp3) is 0.194. The van der Waals surface area contributed by atoms with Gasteiger partial charge in [-0.1, -0.05) is 54.6 Å².